The largest absolute Gasteiger partial charge is 0.444 e. The van der Waals surface area contributed by atoms with E-state index >= 15 is 0 Å². The molecule has 2 aromatic rings. The number of nitro groups is 3. The number of para-hydroxylation sites is 1. The van der Waals surface area contributed by atoms with Crippen molar-refractivity contribution in [3.63, 3.8) is 0 Å². The van der Waals surface area contributed by atoms with Crippen molar-refractivity contribution in [2.75, 3.05) is 0 Å². The third-order valence-electron chi connectivity index (χ3n) is 2.60. The van der Waals surface area contributed by atoms with Crippen LogP contribution < -0.4 is 4.74 Å². The average molecular weight is 305 g/mol. The minimum absolute atomic E-state index is 0.127. The summed E-state index contributed by atoms with van der Waals surface area (Å²) in [6, 6.07) is 8.91. The standard InChI is InChI=1S/C12H7N3O7/c16-13(17)8-6-10(14(18)19)12(11(7-8)15(20)21)22-9-4-2-1-3-5-9/h1-7H. The Labute approximate surface area is 122 Å². The molecule has 0 N–H and O–H groups in total. The summed E-state index contributed by atoms with van der Waals surface area (Å²) in [5, 5.41) is 32.8. The van der Waals surface area contributed by atoms with Gasteiger partial charge in [-0.05, 0) is 12.1 Å². The molecule has 0 amide bonds. The van der Waals surface area contributed by atoms with Crippen LogP contribution in [0.5, 0.6) is 11.5 Å². The van der Waals surface area contributed by atoms with Gasteiger partial charge >= 0.3 is 11.4 Å². The summed E-state index contributed by atoms with van der Waals surface area (Å²) in [4.78, 5) is 29.9. The Kier molecular flexibility index (Phi) is 3.93. The topological polar surface area (TPSA) is 139 Å². The van der Waals surface area contributed by atoms with E-state index in [1.165, 1.54) is 12.1 Å². The lowest BCUT2D eigenvalue weighted by molar-refractivity contribution is -0.404. The summed E-state index contributed by atoms with van der Waals surface area (Å²) in [6.45, 7) is 0. The Hall–Kier alpha value is -3.56. The van der Waals surface area contributed by atoms with Crippen LogP contribution in [0.1, 0.15) is 0 Å². The van der Waals surface area contributed by atoms with Gasteiger partial charge in [-0.15, -0.1) is 0 Å². The van der Waals surface area contributed by atoms with Gasteiger partial charge in [-0.1, -0.05) is 18.2 Å². The molecule has 0 aliphatic carbocycles. The number of nitro benzene ring substituents is 3. The van der Waals surface area contributed by atoms with Gasteiger partial charge in [0.25, 0.3) is 11.4 Å². The van der Waals surface area contributed by atoms with Crippen LogP contribution >= 0.6 is 0 Å². The van der Waals surface area contributed by atoms with Gasteiger partial charge in [-0.3, -0.25) is 30.3 Å². The molecule has 2 aromatic carbocycles. The minimum Gasteiger partial charge on any atom is -0.444 e. The predicted octanol–water partition coefficient (Wildman–Crippen LogP) is 3.20. The molecule has 0 aliphatic heterocycles. The maximum Gasteiger partial charge on any atom is 0.325 e. The van der Waals surface area contributed by atoms with Crippen LogP contribution in [0.4, 0.5) is 17.1 Å². The van der Waals surface area contributed by atoms with Crippen molar-refractivity contribution in [3.05, 3.63) is 72.8 Å². The zero-order chi connectivity index (χ0) is 16.3. The fourth-order valence-electron chi connectivity index (χ4n) is 1.67. The van der Waals surface area contributed by atoms with Crippen molar-refractivity contribution in [2.24, 2.45) is 0 Å². The average Bonchev–Trinajstić information content (AvgIpc) is 2.47. The third kappa shape index (κ3) is 2.95. The molecule has 0 saturated heterocycles. The molecule has 10 heteroatoms. The van der Waals surface area contributed by atoms with E-state index in [2.05, 4.69) is 0 Å². The number of rotatable bonds is 5. The first-order valence-corrected chi connectivity index (χ1v) is 5.74. The highest BCUT2D eigenvalue weighted by molar-refractivity contribution is 5.66. The van der Waals surface area contributed by atoms with E-state index in [1.807, 2.05) is 0 Å². The van der Waals surface area contributed by atoms with E-state index in [9.17, 15) is 30.3 Å². The normalized spacial score (nSPS) is 10.0. The minimum atomic E-state index is -0.974. The molecular weight excluding hydrogens is 298 g/mol. The number of ether oxygens (including phenoxy) is 1. The van der Waals surface area contributed by atoms with E-state index in [0.717, 1.165) is 0 Å². The van der Waals surface area contributed by atoms with E-state index in [-0.39, 0.29) is 5.75 Å². The molecule has 0 aliphatic rings. The van der Waals surface area contributed by atoms with Gasteiger partial charge in [-0.2, -0.15) is 0 Å². The lowest BCUT2D eigenvalue weighted by Crippen LogP contribution is -2.01. The van der Waals surface area contributed by atoms with Crippen molar-refractivity contribution < 1.29 is 19.5 Å². The van der Waals surface area contributed by atoms with Crippen LogP contribution in [0.15, 0.2) is 42.5 Å². The quantitative estimate of drug-likeness (QED) is 0.610. The van der Waals surface area contributed by atoms with E-state index < -0.39 is 37.6 Å². The summed E-state index contributed by atoms with van der Waals surface area (Å²) in [7, 11) is 0. The number of hydrogen-bond acceptors (Lipinski definition) is 7. The molecule has 2 rings (SSSR count). The lowest BCUT2D eigenvalue weighted by Gasteiger charge is -2.06. The Bertz CT molecular complexity index is 726. The molecule has 0 radical (unpaired) electrons. The van der Waals surface area contributed by atoms with Crippen LogP contribution in [0.3, 0.4) is 0 Å². The smallest absolute Gasteiger partial charge is 0.325 e. The first-order chi connectivity index (χ1) is 10.4. The third-order valence-corrected chi connectivity index (χ3v) is 2.60. The molecule has 112 valence electrons. The van der Waals surface area contributed by atoms with Gasteiger partial charge in [0.2, 0.25) is 0 Å². The first-order valence-electron chi connectivity index (χ1n) is 5.74. The summed E-state index contributed by atoms with van der Waals surface area (Å²) in [5.41, 5.74) is -2.48. The van der Waals surface area contributed by atoms with Crippen molar-refractivity contribution in [3.8, 4) is 11.5 Å². The van der Waals surface area contributed by atoms with Crippen LogP contribution in [0.2, 0.25) is 0 Å². The van der Waals surface area contributed by atoms with Gasteiger partial charge in [-0.25, -0.2) is 0 Å². The molecule has 22 heavy (non-hydrogen) atoms. The summed E-state index contributed by atoms with van der Waals surface area (Å²) < 4.78 is 5.19. The van der Waals surface area contributed by atoms with Gasteiger partial charge < -0.3 is 4.74 Å². The maximum absolute atomic E-state index is 11.0. The Morgan fingerprint density at radius 1 is 0.773 bits per heavy atom. The zero-order valence-electron chi connectivity index (χ0n) is 10.7. The monoisotopic (exact) mass is 305 g/mol. The highest BCUT2D eigenvalue weighted by Gasteiger charge is 2.32. The molecule has 0 heterocycles. The van der Waals surface area contributed by atoms with Crippen molar-refractivity contribution >= 4 is 17.1 Å². The number of hydrogen-bond donors (Lipinski definition) is 0. The first kappa shape index (κ1) is 14.8. The number of non-ortho nitro benzene ring substituents is 1. The van der Waals surface area contributed by atoms with Crippen LogP contribution in [-0.2, 0) is 0 Å². The Balaban J connectivity index is 2.66. The molecule has 0 fully saturated rings. The molecule has 0 unspecified atom stereocenters. The van der Waals surface area contributed by atoms with Crippen molar-refractivity contribution in [1.82, 2.24) is 0 Å². The summed E-state index contributed by atoms with van der Waals surface area (Å²) in [6.07, 6.45) is 0. The molecular formula is C12H7N3O7. The SMILES string of the molecule is O=[N+]([O-])c1cc([N+](=O)[O-])c(Oc2ccccc2)c([N+](=O)[O-])c1. The van der Waals surface area contributed by atoms with Crippen molar-refractivity contribution in [1.29, 1.82) is 0 Å². The fraction of sp³-hybridized carbons (Fsp3) is 0. The molecule has 0 atom stereocenters. The highest BCUT2D eigenvalue weighted by atomic mass is 16.6. The van der Waals surface area contributed by atoms with Gasteiger partial charge in [0.05, 0.1) is 26.9 Å². The second kappa shape index (κ2) is 5.83. The van der Waals surface area contributed by atoms with E-state index in [0.29, 0.717) is 12.1 Å². The molecule has 10 nitrogen and oxygen atoms in total. The second-order valence-electron chi connectivity index (χ2n) is 4.00. The number of nitrogens with zero attached hydrogens (tertiary/aromatic N) is 3. The lowest BCUT2D eigenvalue weighted by atomic mass is 10.2. The fourth-order valence-corrected chi connectivity index (χ4v) is 1.67. The molecule has 0 bridgehead atoms. The molecule has 0 saturated carbocycles. The van der Waals surface area contributed by atoms with Crippen molar-refractivity contribution in [2.45, 2.75) is 0 Å². The van der Waals surface area contributed by atoms with Gasteiger partial charge in [0.15, 0.2) is 0 Å². The van der Waals surface area contributed by atoms with Crippen LogP contribution in [0, 0.1) is 30.3 Å². The van der Waals surface area contributed by atoms with Crippen LogP contribution in [0.25, 0.3) is 0 Å². The summed E-state index contributed by atoms with van der Waals surface area (Å²) in [5.74, 6) is -0.533. The molecule has 0 aromatic heterocycles. The van der Waals surface area contributed by atoms with Gasteiger partial charge in [0, 0.05) is 0 Å². The van der Waals surface area contributed by atoms with E-state index in [1.54, 1.807) is 18.2 Å². The Morgan fingerprint density at radius 2 is 1.27 bits per heavy atom. The zero-order valence-corrected chi connectivity index (χ0v) is 10.7. The predicted molar refractivity (Wildman–Crippen MR) is 72.9 cm³/mol. The Morgan fingerprint density at radius 3 is 1.68 bits per heavy atom. The van der Waals surface area contributed by atoms with E-state index in [4.69, 9.17) is 4.74 Å². The second-order valence-corrected chi connectivity index (χ2v) is 4.00. The number of benzene rings is 2. The van der Waals surface area contributed by atoms with Gasteiger partial charge in [0.1, 0.15) is 5.75 Å². The molecule has 0 spiro atoms. The maximum atomic E-state index is 11.0. The van der Waals surface area contributed by atoms with Crippen LogP contribution in [-0.4, -0.2) is 14.8 Å². The highest BCUT2D eigenvalue weighted by Crippen LogP contribution is 2.42. The summed E-state index contributed by atoms with van der Waals surface area (Å²) >= 11 is 0.